The minimum Gasteiger partial charge on any atom is -0.334 e. The molecule has 0 radical (unpaired) electrons. The predicted octanol–water partition coefficient (Wildman–Crippen LogP) is 0.543. The minimum absolute atomic E-state index is 0.681. The van der Waals surface area contributed by atoms with Crippen molar-refractivity contribution in [2.24, 2.45) is 0 Å². The fourth-order valence-corrected chi connectivity index (χ4v) is 1.24. The molecular formula is C8H11N5. The molecule has 0 aromatic carbocycles. The predicted molar refractivity (Wildman–Crippen MR) is 47.0 cm³/mol. The number of imidazole rings is 1. The largest absolute Gasteiger partial charge is 0.334 e. The van der Waals surface area contributed by atoms with Crippen LogP contribution in [-0.2, 0) is 13.1 Å². The molecule has 5 heteroatoms. The monoisotopic (exact) mass is 177 g/mol. The van der Waals surface area contributed by atoms with Crippen molar-refractivity contribution in [3.8, 4) is 0 Å². The quantitative estimate of drug-likeness (QED) is 0.687. The molecule has 0 saturated heterocycles. The molecule has 2 aromatic heterocycles. The van der Waals surface area contributed by atoms with E-state index in [1.54, 1.807) is 17.2 Å². The van der Waals surface area contributed by atoms with E-state index >= 15 is 0 Å². The summed E-state index contributed by atoms with van der Waals surface area (Å²) in [6, 6.07) is 0. The van der Waals surface area contributed by atoms with Gasteiger partial charge in [0.15, 0.2) is 0 Å². The molecule has 0 aliphatic rings. The van der Waals surface area contributed by atoms with E-state index in [0.717, 1.165) is 12.4 Å². The maximum atomic E-state index is 4.24. The van der Waals surface area contributed by atoms with Crippen LogP contribution in [0.5, 0.6) is 0 Å². The van der Waals surface area contributed by atoms with Gasteiger partial charge >= 0.3 is 0 Å². The highest BCUT2D eigenvalue weighted by atomic mass is 15.3. The van der Waals surface area contributed by atoms with E-state index in [1.807, 2.05) is 6.20 Å². The first kappa shape index (κ1) is 7.97. The van der Waals surface area contributed by atoms with Gasteiger partial charge in [0.1, 0.15) is 25.0 Å². The lowest BCUT2D eigenvalue weighted by Crippen LogP contribution is -2.07. The third-order valence-electron chi connectivity index (χ3n) is 1.91. The Labute approximate surface area is 76.0 Å². The average Bonchev–Trinajstić information content (AvgIpc) is 2.76. The standard InChI is InChI=1S/C8H11N5/c1-2-12-4-3-10-8(12)5-13-7-9-6-11-13/h3-4,6-7H,2,5H2,1H3. The fourth-order valence-electron chi connectivity index (χ4n) is 1.24. The molecule has 0 aliphatic heterocycles. The highest BCUT2D eigenvalue weighted by Gasteiger charge is 2.01. The number of hydrogen-bond donors (Lipinski definition) is 0. The lowest BCUT2D eigenvalue weighted by atomic mass is 10.5. The number of aromatic nitrogens is 5. The Hall–Kier alpha value is -1.65. The van der Waals surface area contributed by atoms with Crippen molar-refractivity contribution >= 4 is 0 Å². The van der Waals surface area contributed by atoms with Crippen molar-refractivity contribution < 1.29 is 0 Å². The second-order valence-electron chi connectivity index (χ2n) is 2.72. The molecule has 2 rings (SSSR count). The summed E-state index contributed by atoms with van der Waals surface area (Å²) < 4.78 is 3.84. The Balaban J connectivity index is 2.18. The minimum atomic E-state index is 0.681. The molecule has 68 valence electrons. The maximum absolute atomic E-state index is 4.24. The summed E-state index contributed by atoms with van der Waals surface area (Å²) in [5.41, 5.74) is 0. The van der Waals surface area contributed by atoms with Gasteiger partial charge in [0.25, 0.3) is 0 Å². The molecule has 0 saturated carbocycles. The van der Waals surface area contributed by atoms with Gasteiger partial charge in [-0.2, -0.15) is 5.10 Å². The molecule has 13 heavy (non-hydrogen) atoms. The molecule has 0 bridgehead atoms. The number of rotatable bonds is 3. The van der Waals surface area contributed by atoms with Crippen LogP contribution in [0, 0.1) is 0 Å². The Morgan fingerprint density at radius 3 is 3.08 bits per heavy atom. The molecule has 0 amide bonds. The lowest BCUT2D eigenvalue weighted by molar-refractivity contribution is 0.606. The van der Waals surface area contributed by atoms with Crippen LogP contribution in [0.4, 0.5) is 0 Å². The molecule has 2 aromatic rings. The van der Waals surface area contributed by atoms with E-state index in [1.165, 1.54) is 6.33 Å². The van der Waals surface area contributed by atoms with Gasteiger partial charge in [0.2, 0.25) is 0 Å². The Kier molecular flexibility index (Phi) is 2.08. The second kappa shape index (κ2) is 3.38. The summed E-state index contributed by atoms with van der Waals surface area (Å²) in [7, 11) is 0. The molecular weight excluding hydrogens is 166 g/mol. The van der Waals surface area contributed by atoms with Crippen molar-refractivity contribution in [2.75, 3.05) is 0 Å². The molecule has 0 fully saturated rings. The lowest BCUT2D eigenvalue weighted by Gasteiger charge is -2.03. The number of hydrogen-bond acceptors (Lipinski definition) is 3. The topological polar surface area (TPSA) is 48.5 Å². The van der Waals surface area contributed by atoms with Gasteiger partial charge in [0, 0.05) is 18.9 Å². The van der Waals surface area contributed by atoms with Gasteiger partial charge in [-0.25, -0.2) is 14.6 Å². The zero-order valence-electron chi connectivity index (χ0n) is 7.46. The van der Waals surface area contributed by atoms with Crippen LogP contribution in [-0.4, -0.2) is 24.3 Å². The van der Waals surface area contributed by atoms with E-state index in [9.17, 15) is 0 Å². The van der Waals surface area contributed by atoms with Crippen molar-refractivity contribution in [1.82, 2.24) is 24.3 Å². The number of aryl methyl sites for hydroxylation is 1. The van der Waals surface area contributed by atoms with Crippen LogP contribution in [0.15, 0.2) is 25.0 Å². The Bertz CT molecular complexity index is 362. The van der Waals surface area contributed by atoms with Crippen molar-refractivity contribution in [3.63, 3.8) is 0 Å². The molecule has 5 nitrogen and oxygen atoms in total. The summed E-state index contributed by atoms with van der Waals surface area (Å²) in [5, 5.41) is 4.02. The van der Waals surface area contributed by atoms with Gasteiger partial charge in [-0.05, 0) is 6.92 Å². The van der Waals surface area contributed by atoms with Gasteiger partial charge in [-0.15, -0.1) is 0 Å². The van der Waals surface area contributed by atoms with Crippen LogP contribution in [0.1, 0.15) is 12.7 Å². The fraction of sp³-hybridized carbons (Fsp3) is 0.375. The highest BCUT2D eigenvalue weighted by Crippen LogP contribution is 1.98. The first-order valence-electron chi connectivity index (χ1n) is 4.22. The molecule has 0 aliphatic carbocycles. The van der Waals surface area contributed by atoms with Crippen LogP contribution >= 0.6 is 0 Å². The molecule has 0 unspecified atom stereocenters. The van der Waals surface area contributed by atoms with E-state index in [4.69, 9.17) is 0 Å². The van der Waals surface area contributed by atoms with Gasteiger partial charge in [-0.3, -0.25) is 0 Å². The molecule has 0 N–H and O–H groups in total. The summed E-state index contributed by atoms with van der Waals surface area (Å²) in [5.74, 6) is 1.01. The Morgan fingerprint density at radius 1 is 1.46 bits per heavy atom. The van der Waals surface area contributed by atoms with E-state index in [0.29, 0.717) is 6.54 Å². The molecule has 0 spiro atoms. The number of nitrogens with zero attached hydrogens (tertiary/aromatic N) is 5. The summed E-state index contributed by atoms with van der Waals surface area (Å²) in [6.07, 6.45) is 6.98. The van der Waals surface area contributed by atoms with E-state index in [2.05, 4.69) is 26.6 Å². The van der Waals surface area contributed by atoms with Crippen molar-refractivity contribution in [3.05, 3.63) is 30.9 Å². The van der Waals surface area contributed by atoms with Crippen LogP contribution in [0.3, 0.4) is 0 Å². The Morgan fingerprint density at radius 2 is 2.38 bits per heavy atom. The zero-order chi connectivity index (χ0) is 9.10. The van der Waals surface area contributed by atoms with Crippen LogP contribution < -0.4 is 0 Å². The summed E-state index contributed by atoms with van der Waals surface area (Å²) >= 11 is 0. The molecule has 2 heterocycles. The summed E-state index contributed by atoms with van der Waals surface area (Å²) in [4.78, 5) is 8.11. The zero-order valence-corrected chi connectivity index (χ0v) is 7.46. The SMILES string of the molecule is CCn1ccnc1Cn1cncn1. The van der Waals surface area contributed by atoms with Gasteiger partial charge in [0.05, 0.1) is 0 Å². The van der Waals surface area contributed by atoms with Gasteiger partial charge in [-0.1, -0.05) is 0 Å². The van der Waals surface area contributed by atoms with Crippen LogP contribution in [0.25, 0.3) is 0 Å². The third kappa shape index (κ3) is 1.58. The van der Waals surface area contributed by atoms with Crippen molar-refractivity contribution in [1.29, 1.82) is 0 Å². The third-order valence-corrected chi connectivity index (χ3v) is 1.91. The van der Waals surface area contributed by atoms with Crippen molar-refractivity contribution in [2.45, 2.75) is 20.0 Å². The first-order chi connectivity index (χ1) is 6.40. The molecule has 0 atom stereocenters. The van der Waals surface area contributed by atoms with Crippen LogP contribution in [0.2, 0.25) is 0 Å². The van der Waals surface area contributed by atoms with Gasteiger partial charge < -0.3 is 4.57 Å². The smallest absolute Gasteiger partial charge is 0.137 e. The maximum Gasteiger partial charge on any atom is 0.137 e. The second-order valence-corrected chi connectivity index (χ2v) is 2.72. The van der Waals surface area contributed by atoms with E-state index in [-0.39, 0.29) is 0 Å². The first-order valence-corrected chi connectivity index (χ1v) is 4.22. The summed E-state index contributed by atoms with van der Waals surface area (Å²) in [6.45, 7) is 3.71. The van der Waals surface area contributed by atoms with E-state index < -0.39 is 0 Å². The highest BCUT2D eigenvalue weighted by molar-refractivity contribution is 4.92. The normalized spacial score (nSPS) is 10.5. The average molecular weight is 177 g/mol.